The van der Waals surface area contributed by atoms with E-state index in [0.29, 0.717) is 0 Å². The third kappa shape index (κ3) is 3.82. The predicted molar refractivity (Wildman–Crippen MR) is 103 cm³/mol. The minimum absolute atomic E-state index is 0.751. The van der Waals surface area contributed by atoms with Crippen LogP contribution in [-0.2, 0) is 0 Å². The molecule has 0 amide bonds. The average molecular weight is 338 g/mol. The topological polar surface area (TPSA) is 54.2 Å². The Bertz CT molecular complexity index is 883. The minimum Gasteiger partial charge on any atom is -0.384 e. The van der Waals surface area contributed by atoms with Gasteiger partial charge in [0.05, 0.1) is 22.5 Å². The summed E-state index contributed by atoms with van der Waals surface area (Å²) in [4.78, 5) is 6.88. The summed E-state index contributed by atoms with van der Waals surface area (Å²) < 4.78 is 5.51. The van der Waals surface area contributed by atoms with Gasteiger partial charge in [-0.1, -0.05) is 16.8 Å². The molecule has 0 aliphatic carbocycles. The highest BCUT2D eigenvalue weighted by atomic mass is 16.5. The van der Waals surface area contributed by atoms with Crippen molar-refractivity contribution in [2.24, 2.45) is 0 Å². The van der Waals surface area contributed by atoms with Gasteiger partial charge < -0.3 is 14.7 Å². The van der Waals surface area contributed by atoms with Gasteiger partial charge >= 0.3 is 0 Å². The van der Waals surface area contributed by atoms with Crippen molar-refractivity contribution in [3.8, 4) is 11.3 Å². The van der Waals surface area contributed by atoms with Crippen LogP contribution >= 0.6 is 0 Å². The van der Waals surface area contributed by atoms with Crippen LogP contribution in [0.3, 0.4) is 0 Å². The molecular formula is C20H26N4O. The summed E-state index contributed by atoms with van der Waals surface area (Å²) in [6, 6.07) is 6.32. The largest absolute Gasteiger partial charge is 0.384 e. The van der Waals surface area contributed by atoms with Gasteiger partial charge in [-0.2, -0.15) is 0 Å². The van der Waals surface area contributed by atoms with Crippen molar-refractivity contribution < 1.29 is 4.52 Å². The fourth-order valence-electron chi connectivity index (χ4n) is 3.14. The maximum Gasteiger partial charge on any atom is 0.170 e. The van der Waals surface area contributed by atoms with E-state index in [-0.39, 0.29) is 0 Å². The first kappa shape index (κ1) is 17.4. The van der Waals surface area contributed by atoms with Crippen LogP contribution in [0.5, 0.6) is 0 Å². The molecule has 0 bridgehead atoms. The van der Waals surface area contributed by atoms with Crippen LogP contribution in [0, 0.1) is 20.8 Å². The molecule has 25 heavy (non-hydrogen) atoms. The van der Waals surface area contributed by atoms with E-state index in [9.17, 15) is 0 Å². The van der Waals surface area contributed by atoms with Crippen molar-refractivity contribution in [3.05, 3.63) is 41.2 Å². The molecule has 3 rings (SSSR count). The van der Waals surface area contributed by atoms with Gasteiger partial charge in [0.25, 0.3) is 0 Å². The highest BCUT2D eigenvalue weighted by molar-refractivity contribution is 6.00. The molecule has 0 aliphatic heterocycles. The minimum atomic E-state index is 0.751. The van der Waals surface area contributed by atoms with Crippen LogP contribution in [-0.4, -0.2) is 42.2 Å². The number of nitrogens with zero attached hydrogens (tertiary/aromatic N) is 3. The standard InChI is InChI=1S/C20H26N4O/c1-13-9-14(2)19-16(10-13)20(21-7-6-8-24(4)5)17(12-22-19)18-11-15(3)23-25-18/h9-12H,6-8H2,1-5H3,(H,21,22). The lowest BCUT2D eigenvalue weighted by atomic mass is 10.0. The molecule has 0 fully saturated rings. The Morgan fingerprint density at radius 3 is 2.60 bits per heavy atom. The molecule has 0 radical (unpaired) electrons. The Labute approximate surface area is 149 Å². The number of fused-ring (bicyclic) bond motifs is 1. The van der Waals surface area contributed by atoms with Gasteiger partial charge in [0.1, 0.15) is 0 Å². The second kappa shape index (κ2) is 7.23. The summed E-state index contributed by atoms with van der Waals surface area (Å²) in [7, 11) is 4.19. The van der Waals surface area contributed by atoms with E-state index >= 15 is 0 Å². The monoisotopic (exact) mass is 338 g/mol. The van der Waals surface area contributed by atoms with E-state index in [4.69, 9.17) is 4.52 Å². The zero-order valence-corrected chi connectivity index (χ0v) is 15.7. The van der Waals surface area contributed by atoms with E-state index in [0.717, 1.165) is 53.1 Å². The second-order valence-corrected chi connectivity index (χ2v) is 6.94. The summed E-state index contributed by atoms with van der Waals surface area (Å²) in [6.45, 7) is 8.10. The molecule has 3 aromatic rings. The third-order valence-corrected chi connectivity index (χ3v) is 4.28. The molecule has 2 heterocycles. The SMILES string of the molecule is Cc1cc(C)c2ncc(-c3cc(C)no3)c(NCCCN(C)C)c2c1. The third-order valence-electron chi connectivity index (χ3n) is 4.28. The molecule has 1 aromatic carbocycles. The van der Waals surface area contributed by atoms with Crippen molar-refractivity contribution in [1.29, 1.82) is 0 Å². The highest BCUT2D eigenvalue weighted by Gasteiger charge is 2.15. The Morgan fingerprint density at radius 1 is 1.12 bits per heavy atom. The van der Waals surface area contributed by atoms with Crippen molar-refractivity contribution in [3.63, 3.8) is 0 Å². The second-order valence-electron chi connectivity index (χ2n) is 6.94. The summed E-state index contributed by atoms with van der Waals surface area (Å²) in [5, 5.41) is 8.78. The van der Waals surface area contributed by atoms with Gasteiger partial charge in [0, 0.05) is 24.2 Å². The molecule has 2 aromatic heterocycles. The van der Waals surface area contributed by atoms with Gasteiger partial charge in [-0.05, 0) is 59.5 Å². The smallest absolute Gasteiger partial charge is 0.170 e. The summed E-state index contributed by atoms with van der Waals surface area (Å²) in [6.07, 6.45) is 2.95. The maximum atomic E-state index is 5.51. The molecule has 5 heteroatoms. The summed E-state index contributed by atoms with van der Waals surface area (Å²) >= 11 is 0. The molecule has 5 nitrogen and oxygen atoms in total. The fourth-order valence-corrected chi connectivity index (χ4v) is 3.14. The molecule has 0 spiro atoms. The Morgan fingerprint density at radius 2 is 1.92 bits per heavy atom. The Hall–Kier alpha value is -2.40. The van der Waals surface area contributed by atoms with Crippen LogP contribution in [0.15, 0.2) is 28.9 Å². The number of aryl methyl sites for hydroxylation is 3. The van der Waals surface area contributed by atoms with E-state index in [2.05, 4.69) is 60.4 Å². The summed E-state index contributed by atoms with van der Waals surface area (Å²) in [5.41, 5.74) is 6.35. The van der Waals surface area contributed by atoms with Gasteiger partial charge in [-0.25, -0.2) is 0 Å². The first-order chi connectivity index (χ1) is 12.0. The number of pyridine rings is 1. The molecule has 1 N–H and O–H groups in total. The van der Waals surface area contributed by atoms with E-state index < -0.39 is 0 Å². The van der Waals surface area contributed by atoms with Gasteiger partial charge in [0.15, 0.2) is 5.76 Å². The number of hydrogen-bond donors (Lipinski definition) is 1. The van der Waals surface area contributed by atoms with Crippen molar-refractivity contribution in [2.75, 3.05) is 32.5 Å². The molecular weight excluding hydrogens is 312 g/mol. The van der Waals surface area contributed by atoms with Crippen LogP contribution < -0.4 is 5.32 Å². The summed E-state index contributed by atoms with van der Waals surface area (Å²) in [5.74, 6) is 0.751. The first-order valence-electron chi connectivity index (χ1n) is 8.68. The van der Waals surface area contributed by atoms with Crippen LogP contribution in [0.4, 0.5) is 5.69 Å². The average Bonchev–Trinajstić information content (AvgIpc) is 2.97. The van der Waals surface area contributed by atoms with Crippen molar-refractivity contribution >= 4 is 16.6 Å². The van der Waals surface area contributed by atoms with Crippen molar-refractivity contribution in [1.82, 2.24) is 15.0 Å². The Balaban J connectivity index is 2.06. The fraction of sp³-hybridized carbons (Fsp3) is 0.400. The number of aromatic nitrogens is 2. The first-order valence-corrected chi connectivity index (χ1v) is 8.68. The van der Waals surface area contributed by atoms with Crippen LogP contribution in [0.2, 0.25) is 0 Å². The van der Waals surface area contributed by atoms with Gasteiger partial charge in [-0.3, -0.25) is 4.98 Å². The lowest BCUT2D eigenvalue weighted by Crippen LogP contribution is -2.16. The number of benzene rings is 1. The van der Waals surface area contributed by atoms with E-state index in [1.165, 1.54) is 11.1 Å². The lowest BCUT2D eigenvalue weighted by molar-refractivity contribution is 0.405. The number of hydrogen-bond acceptors (Lipinski definition) is 5. The van der Waals surface area contributed by atoms with Crippen LogP contribution in [0.1, 0.15) is 23.2 Å². The van der Waals surface area contributed by atoms with Crippen molar-refractivity contribution in [2.45, 2.75) is 27.2 Å². The number of rotatable bonds is 6. The zero-order chi connectivity index (χ0) is 18.0. The molecule has 0 saturated heterocycles. The van der Waals surface area contributed by atoms with E-state index in [1.807, 2.05) is 19.2 Å². The molecule has 0 atom stereocenters. The van der Waals surface area contributed by atoms with E-state index in [1.54, 1.807) is 0 Å². The predicted octanol–water partition coefficient (Wildman–Crippen LogP) is 4.18. The maximum absolute atomic E-state index is 5.51. The molecule has 132 valence electrons. The van der Waals surface area contributed by atoms with Gasteiger partial charge in [-0.15, -0.1) is 0 Å². The highest BCUT2D eigenvalue weighted by Crippen LogP contribution is 2.35. The lowest BCUT2D eigenvalue weighted by Gasteiger charge is -2.16. The zero-order valence-electron chi connectivity index (χ0n) is 15.7. The van der Waals surface area contributed by atoms with Gasteiger partial charge in [0.2, 0.25) is 0 Å². The molecule has 0 aliphatic rings. The van der Waals surface area contributed by atoms with Crippen LogP contribution in [0.25, 0.3) is 22.2 Å². The quantitative estimate of drug-likeness (QED) is 0.683. The molecule has 0 unspecified atom stereocenters. The normalized spacial score (nSPS) is 11.4. The number of anilines is 1. The Kier molecular flexibility index (Phi) is 5.04. The molecule has 0 saturated carbocycles. The number of nitrogens with one attached hydrogen (secondary N) is 1.